The summed E-state index contributed by atoms with van der Waals surface area (Å²) in [6, 6.07) is 17.4. The largest absolute Gasteiger partial charge is 0.489 e. The number of ether oxygens (including phenoxy) is 2. The van der Waals surface area contributed by atoms with Gasteiger partial charge in [0.1, 0.15) is 12.4 Å². The van der Waals surface area contributed by atoms with E-state index in [4.69, 9.17) is 14.0 Å². The van der Waals surface area contributed by atoms with E-state index in [0.29, 0.717) is 31.8 Å². The van der Waals surface area contributed by atoms with Gasteiger partial charge in [-0.3, -0.25) is 4.79 Å². The number of esters is 1. The molecule has 1 saturated heterocycles. The lowest BCUT2D eigenvalue weighted by Gasteiger charge is -2.17. The van der Waals surface area contributed by atoms with Crippen LogP contribution in [0.5, 0.6) is 5.75 Å². The maximum Gasteiger partial charge on any atom is 0.397 e. The molecule has 1 amide bonds. The third-order valence-electron chi connectivity index (χ3n) is 5.06. The van der Waals surface area contributed by atoms with Crippen LogP contribution in [0.1, 0.15) is 35.4 Å². The smallest absolute Gasteiger partial charge is 0.397 e. The Kier molecular flexibility index (Phi) is 6.26. The molecule has 8 nitrogen and oxygen atoms in total. The molecule has 2 aromatic carbocycles. The van der Waals surface area contributed by atoms with Gasteiger partial charge in [0.25, 0.3) is 0 Å². The summed E-state index contributed by atoms with van der Waals surface area (Å²) >= 11 is 0. The number of anilines is 1. The number of hydrogen-bond donors (Lipinski definition) is 0. The minimum Gasteiger partial charge on any atom is -0.489 e. The fourth-order valence-corrected chi connectivity index (χ4v) is 3.48. The molecule has 0 radical (unpaired) electrons. The van der Waals surface area contributed by atoms with Crippen molar-refractivity contribution in [1.82, 2.24) is 10.1 Å². The highest BCUT2D eigenvalue weighted by Gasteiger charge is 2.34. The molecule has 1 aliphatic rings. The monoisotopic (exact) mass is 421 g/mol. The highest BCUT2D eigenvalue weighted by Crippen LogP contribution is 2.28. The lowest BCUT2D eigenvalue weighted by atomic mass is 10.0. The van der Waals surface area contributed by atoms with Gasteiger partial charge in [0, 0.05) is 24.6 Å². The number of amides is 1. The van der Waals surface area contributed by atoms with E-state index in [0.717, 1.165) is 17.0 Å². The average Bonchev–Trinajstić information content (AvgIpc) is 3.41. The van der Waals surface area contributed by atoms with E-state index < -0.39 is 5.97 Å². The predicted molar refractivity (Wildman–Crippen MR) is 112 cm³/mol. The molecule has 1 unspecified atom stereocenters. The van der Waals surface area contributed by atoms with Crippen LogP contribution in [0.4, 0.5) is 5.69 Å². The molecule has 0 aliphatic carbocycles. The molecule has 4 rings (SSSR count). The minimum absolute atomic E-state index is 0.000406. The molecule has 1 aliphatic heterocycles. The Bertz CT molecular complexity index is 1030. The van der Waals surface area contributed by atoms with Crippen molar-refractivity contribution >= 4 is 17.6 Å². The molecular formula is C23H23N3O5. The van der Waals surface area contributed by atoms with E-state index in [-0.39, 0.29) is 24.3 Å². The predicted octanol–water partition coefficient (Wildman–Crippen LogP) is 3.42. The third kappa shape index (κ3) is 4.91. The van der Waals surface area contributed by atoms with Crippen LogP contribution >= 0.6 is 0 Å². The number of benzene rings is 2. The summed E-state index contributed by atoms with van der Waals surface area (Å²) in [5.74, 6) is -0.0375. The van der Waals surface area contributed by atoms with Crippen LogP contribution in [0.3, 0.4) is 0 Å². The van der Waals surface area contributed by atoms with Gasteiger partial charge in [-0.1, -0.05) is 35.5 Å². The maximum absolute atomic E-state index is 12.9. The number of nitrogens with zero attached hydrogens (tertiary/aromatic N) is 3. The van der Waals surface area contributed by atoms with Crippen LogP contribution in [0.25, 0.3) is 0 Å². The van der Waals surface area contributed by atoms with Crippen molar-refractivity contribution in [3.8, 4) is 5.75 Å². The maximum atomic E-state index is 12.9. The van der Waals surface area contributed by atoms with Gasteiger partial charge in [0.2, 0.25) is 5.91 Å². The topological polar surface area (TPSA) is 94.8 Å². The molecule has 8 heteroatoms. The van der Waals surface area contributed by atoms with Crippen molar-refractivity contribution in [2.24, 2.45) is 5.92 Å². The van der Waals surface area contributed by atoms with Gasteiger partial charge in [0.05, 0.1) is 6.61 Å². The first kappa shape index (κ1) is 20.6. The molecule has 160 valence electrons. The van der Waals surface area contributed by atoms with Gasteiger partial charge in [-0.2, -0.15) is 4.98 Å². The zero-order valence-electron chi connectivity index (χ0n) is 17.2. The van der Waals surface area contributed by atoms with Crippen molar-refractivity contribution < 1.29 is 23.6 Å². The number of aromatic nitrogens is 2. The van der Waals surface area contributed by atoms with Crippen LogP contribution in [0.15, 0.2) is 59.1 Å². The highest BCUT2D eigenvalue weighted by molar-refractivity contribution is 5.97. The zero-order valence-corrected chi connectivity index (χ0v) is 17.2. The first-order valence-electron chi connectivity index (χ1n) is 10.2. The summed E-state index contributed by atoms with van der Waals surface area (Å²) in [6.07, 6.45) is 0.991. The Morgan fingerprint density at radius 1 is 1.16 bits per heavy atom. The van der Waals surface area contributed by atoms with Crippen LogP contribution in [0, 0.1) is 5.92 Å². The molecule has 3 aromatic rings. The van der Waals surface area contributed by atoms with E-state index in [1.54, 1.807) is 11.8 Å². The normalized spacial score (nSPS) is 15.8. The molecule has 0 spiro atoms. The minimum atomic E-state index is -0.657. The first-order valence-corrected chi connectivity index (χ1v) is 10.2. The number of rotatable bonds is 8. The molecule has 31 heavy (non-hydrogen) atoms. The summed E-state index contributed by atoms with van der Waals surface area (Å²) in [5.41, 5.74) is 1.91. The van der Waals surface area contributed by atoms with Gasteiger partial charge in [-0.25, -0.2) is 4.79 Å². The molecule has 1 atom stereocenters. The average molecular weight is 421 g/mol. The highest BCUT2D eigenvalue weighted by atomic mass is 16.6. The van der Waals surface area contributed by atoms with Crippen LogP contribution in [0.2, 0.25) is 0 Å². The Hall–Kier alpha value is -3.68. The molecule has 1 fully saturated rings. The molecule has 1 aromatic heterocycles. The standard InChI is InChI=1S/C23H23N3O5/c1-2-29-23(28)21-24-20(25-31-21)14-17-12-13-26(22(17)27)18-8-10-19(11-9-18)30-15-16-6-4-3-5-7-16/h3-11,17H,2,12-15H2,1H3. The second-order valence-electron chi connectivity index (χ2n) is 7.18. The molecule has 0 saturated carbocycles. The fourth-order valence-electron chi connectivity index (χ4n) is 3.48. The van der Waals surface area contributed by atoms with E-state index in [2.05, 4.69) is 10.1 Å². The molecule has 0 bridgehead atoms. The van der Waals surface area contributed by atoms with Crippen molar-refractivity contribution in [3.05, 3.63) is 71.9 Å². The zero-order chi connectivity index (χ0) is 21.6. The lowest BCUT2D eigenvalue weighted by molar-refractivity contribution is -0.120. The lowest BCUT2D eigenvalue weighted by Crippen LogP contribution is -2.27. The SMILES string of the molecule is CCOC(=O)c1nc(CC2CCN(c3ccc(OCc4ccccc4)cc3)C2=O)no1. The Labute approximate surface area is 179 Å². The van der Waals surface area contributed by atoms with E-state index in [9.17, 15) is 9.59 Å². The van der Waals surface area contributed by atoms with Gasteiger partial charge in [-0.15, -0.1) is 0 Å². The van der Waals surface area contributed by atoms with Gasteiger partial charge in [-0.05, 0) is 43.2 Å². The Balaban J connectivity index is 1.34. The number of hydrogen-bond acceptors (Lipinski definition) is 7. The number of carbonyl (C=O) groups is 2. The van der Waals surface area contributed by atoms with E-state index in [1.165, 1.54) is 0 Å². The Morgan fingerprint density at radius 2 is 1.94 bits per heavy atom. The Morgan fingerprint density at radius 3 is 2.68 bits per heavy atom. The van der Waals surface area contributed by atoms with Crippen molar-refractivity contribution in [2.75, 3.05) is 18.1 Å². The summed E-state index contributed by atoms with van der Waals surface area (Å²) in [4.78, 5) is 30.3. The van der Waals surface area contributed by atoms with Gasteiger partial charge >= 0.3 is 11.9 Å². The molecule has 0 N–H and O–H groups in total. The van der Waals surface area contributed by atoms with Crippen LogP contribution in [-0.2, 0) is 22.6 Å². The van der Waals surface area contributed by atoms with Crippen LogP contribution < -0.4 is 9.64 Å². The third-order valence-corrected chi connectivity index (χ3v) is 5.06. The van der Waals surface area contributed by atoms with E-state index >= 15 is 0 Å². The van der Waals surface area contributed by atoms with Crippen molar-refractivity contribution in [3.63, 3.8) is 0 Å². The van der Waals surface area contributed by atoms with Gasteiger partial charge < -0.3 is 18.9 Å². The first-order chi connectivity index (χ1) is 15.1. The van der Waals surface area contributed by atoms with E-state index in [1.807, 2.05) is 54.6 Å². The second-order valence-corrected chi connectivity index (χ2v) is 7.18. The summed E-state index contributed by atoms with van der Waals surface area (Å²) in [6.45, 7) is 3.02. The fraction of sp³-hybridized carbons (Fsp3) is 0.304. The summed E-state index contributed by atoms with van der Waals surface area (Å²) in [7, 11) is 0. The summed E-state index contributed by atoms with van der Waals surface area (Å²) < 4.78 is 15.6. The van der Waals surface area contributed by atoms with Crippen molar-refractivity contribution in [2.45, 2.75) is 26.4 Å². The van der Waals surface area contributed by atoms with Crippen molar-refractivity contribution in [1.29, 1.82) is 0 Å². The quantitative estimate of drug-likeness (QED) is 0.514. The molecular weight excluding hydrogens is 398 g/mol. The number of carbonyl (C=O) groups excluding carboxylic acids is 2. The van der Waals surface area contributed by atoms with Gasteiger partial charge in [0.15, 0.2) is 5.82 Å². The second kappa shape index (κ2) is 9.42. The molecule has 2 heterocycles. The summed E-state index contributed by atoms with van der Waals surface area (Å²) in [5, 5.41) is 3.80. The van der Waals surface area contributed by atoms with Crippen LogP contribution in [-0.4, -0.2) is 35.2 Å².